The number of hydrogen-bond donors (Lipinski definition) is 3. The van der Waals surface area contributed by atoms with Crippen molar-refractivity contribution < 1.29 is 18.3 Å². The largest absolute Gasteiger partial charge is 0.477 e. The SMILES string of the molecule is CNCCCNS(=O)(=O)c1ccsc1C(=O)O. The molecule has 6 nitrogen and oxygen atoms in total. The highest BCUT2D eigenvalue weighted by atomic mass is 32.2. The van der Waals surface area contributed by atoms with Gasteiger partial charge in [0.25, 0.3) is 0 Å². The van der Waals surface area contributed by atoms with E-state index in [1.165, 1.54) is 11.4 Å². The van der Waals surface area contributed by atoms with Gasteiger partial charge in [0, 0.05) is 6.54 Å². The molecule has 0 aliphatic carbocycles. The molecule has 0 fully saturated rings. The highest BCUT2D eigenvalue weighted by molar-refractivity contribution is 7.89. The van der Waals surface area contributed by atoms with E-state index in [1.54, 1.807) is 7.05 Å². The molecule has 3 N–H and O–H groups in total. The van der Waals surface area contributed by atoms with Gasteiger partial charge in [-0.05, 0) is 31.5 Å². The molecule has 0 radical (unpaired) electrons. The Morgan fingerprint density at radius 2 is 2.18 bits per heavy atom. The van der Waals surface area contributed by atoms with Crippen LogP contribution in [0.15, 0.2) is 16.3 Å². The van der Waals surface area contributed by atoms with Crippen LogP contribution in [-0.2, 0) is 10.0 Å². The lowest BCUT2D eigenvalue weighted by Crippen LogP contribution is -2.27. The van der Waals surface area contributed by atoms with Gasteiger partial charge >= 0.3 is 5.97 Å². The van der Waals surface area contributed by atoms with Gasteiger partial charge < -0.3 is 10.4 Å². The predicted molar refractivity (Wildman–Crippen MR) is 65.0 cm³/mol. The molecule has 1 heterocycles. The molecule has 0 aromatic carbocycles. The minimum absolute atomic E-state index is 0.161. The first-order valence-corrected chi connectivity index (χ1v) is 7.30. The number of aromatic carboxylic acids is 1. The molecule has 0 aliphatic heterocycles. The van der Waals surface area contributed by atoms with E-state index in [9.17, 15) is 13.2 Å². The third-order valence-electron chi connectivity index (χ3n) is 2.01. The average molecular weight is 278 g/mol. The third-order valence-corrected chi connectivity index (χ3v) is 4.54. The van der Waals surface area contributed by atoms with Crippen LogP contribution in [0.4, 0.5) is 0 Å². The Morgan fingerprint density at radius 3 is 2.76 bits per heavy atom. The van der Waals surface area contributed by atoms with Gasteiger partial charge in [-0.25, -0.2) is 17.9 Å². The highest BCUT2D eigenvalue weighted by Crippen LogP contribution is 2.21. The number of rotatable bonds is 7. The number of thiophene rings is 1. The summed E-state index contributed by atoms with van der Waals surface area (Å²) in [6.45, 7) is 0.968. The van der Waals surface area contributed by atoms with Crippen LogP contribution in [0.1, 0.15) is 16.1 Å². The van der Waals surface area contributed by atoms with Crippen molar-refractivity contribution in [2.45, 2.75) is 11.3 Å². The van der Waals surface area contributed by atoms with Crippen LogP contribution in [0.2, 0.25) is 0 Å². The molecule has 0 bridgehead atoms. The fourth-order valence-corrected chi connectivity index (χ4v) is 3.55. The molecule has 0 amide bonds. The van der Waals surface area contributed by atoms with Gasteiger partial charge in [-0.3, -0.25) is 0 Å². The van der Waals surface area contributed by atoms with Crippen molar-refractivity contribution in [1.82, 2.24) is 10.0 Å². The predicted octanol–water partition coefficient (Wildman–Crippen LogP) is 0.334. The van der Waals surface area contributed by atoms with Crippen molar-refractivity contribution in [3.05, 3.63) is 16.3 Å². The summed E-state index contributed by atoms with van der Waals surface area (Å²) < 4.78 is 26.0. The van der Waals surface area contributed by atoms with Crippen LogP contribution in [0, 0.1) is 0 Å². The Balaban J connectivity index is 2.76. The average Bonchev–Trinajstić information content (AvgIpc) is 2.74. The van der Waals surface area contributed by atoms with Crippen LogP contribution >= 0.6 is 11.3 Å². The highest BCUT2D eigenvalue weighted by Gasteiger charge is 2.22. The Kier molecular flexibility index (Phi) is 5.06. The Morgan fingerprint density at radius 1 is 1.47 bits per heavy atom. The van der Waals surface area contributed by atoms with E-state index < -0.39 is 16.0 Å². The van der Waals surface area contributed by atoms with Gasteiger partial charge in [-0.1, -0.05) is 0 Å². The minimum Gasteiger partial charge on any atom is -0.477 e. The van der Waals surface area contributed by atoms with Crippen LogP contribution in [-0.4, -0.2) is 39.6 Å². The summed E-state index contributed by atoms with van der Waals surface area (Å²) >= 11 is 0.897. The molecular formula is C9H14N2O4S2. The second kappa shape index (κ2) is 6.10. The van der Waals surface area contributed by atoms with E-state index in [-0.39, 0.29) is 16.3 Å². The van der Waals surface area contributed by atoms with Crippen molar-refractivity contribution in [1.29, 1.82) is 0 Å². The standard InChI is InChI=1S/C9H14N2O4S2/c1-10-4-2-5-11-17(14,15)7-3-6-16-8(7)9(12)13/h3,6,10-11H,2,4-5H2,1H3,(H,12,13). The Hall–Kier alpha value is -0.960. The van der Waals surface area contributed by atoms with Crippen molar-refractivity contribution in [2.24, 2.45) is 0 Å². The first kappa shape index (κ1) is 14.1. The fraction of sp³-hybridized carbons (Fsp3) is 0.444. The zero-order valence-corrected chi connectivity index (χ0v) is 10.9. The van der Waals surface area contributed by atoms with E-state index in [0.717, 1.165) is 11.3 Å². The Bertz CT molecular complexity index is 481. The molecule has 0 aliphatic rings. The number of sulfonamides is 1. The van der Waals surface area contributed by atoms with Gasteiger partial charge in [-0.2, -0.15) is 0 Å². The molecule has 1 aromatic heterocycles. The number of carbonyl (C=O) groups is 1. The number of carboxylic acids is 1. The lowest BCUT2D eigenvalue weighted by molar-refractivity contribution is 0.0698. The molecule has 8 heteroatoms. The molecule has 1 rings (SSSR count). The zero-order valence-electron chi connectivity index (χ0n) is 9.26. The lowest BCUT2D eigenvalue weighted by Gasteiger charge is -2.05. The maximum absolute atomic E-state index is 11.8. The van der Waals surface area contributed by atoms with E-state index >= 15 is 0 Å². The van der Waals surface area contributed by atoms with E-state index in [2.05, 4.69) is 10.0 Å². The molecule has 17 heavy (non-hydrogen) atoms. The quantitative estimate of drug-likeness (QED) is 0.625. The summed E-state index contributed by atoms with van der Waals surface area (Å²) in [5.74, 6) is -1.23. The molecule has 0 atom stereocenters. The van der Waals surface area contributed by atoms with E-state index in [4.69, 9.17) is 5.11 Å². The Labute approximate surface area is 104 Å². The molecule has 0 spiro atoms. The summed E-state index contributed by atoms with van der Waals surface area (Å²) in [4.78, 5) is 10.5. The van der Waals surface area contributed by atoms with Crippen molar-refractivity contribution in [3.63, 3.8) is 0 Å². The topological polar surface area (TPSA) is 95.5 Å². The summed E-state index contributed by atoms with van der Waals surface area (Å²) in [7, 11) is -1.95. The fourth-order valence-electron chi connectivity index (χ4n) is 1.21. The van der Waals surface area contributed by atoms with E-state index in [1.807, 2.05) is 0 Å². The number of nitrogens with one attached hydrogen (secondary N) is 2. The van der Waals surface area contributed by atoms with Crippen LogP contribution < -0.4 is 10.0 Å². The maximum Gasteiger partial charge on any atom is 0.347 e. The van der Waals surface area contributed by atoms with Gasteiger partial charge in [0.2, 0.25) is 10.0 Å². The minimum atomic E-state index is -3.72. The van der Waals surface area contributed by atoms with Crippen molar-refractivity contribution in [3.8, 4) is 0 Å². The first-order valence-electron chi connectivity index (χ1n) is 4.94. The zero-order chi connectivity index (χ0) is 12.9. The van der Waals surface area contributed by atoms with Crippen molar-refractivity contribution >= 4 is 27.3 Å². The van der Waals surface area contributed by atoms with Gasteiger partial charge in [-0.15, -0.1) is 11.3 Å². The first-order chi connectivity index (χ1) is 7.99. The summed E-state index contributed by atoms with van der Waals surface area (Å²) in [5, 5.41) is 13.2. The second-order valence-corrected chi connectivity index (χ2v) is 5.93. The molecule has 96 valence electrons. The normalized spacial score (nSPS) is 11.6. The molecule has 1 aromatic rings. The van der Waals surface area contributed by atoms with Gasteiger partial charge in [0.1, 0.15) is 9.77 Å². The summed E-state index contributed by atoms with van der Waals surface area (Å²) in [6, 6.07) is 1.30. The summed E-state index contributed by atoms with van der Waals surface area (Å²) in [5.41, 5.74) is 0. The van der Waals surface area contributed by atoms with Crippen molar-refractivity contribution in [2.75, 3.05) is 20.1 Å². The van der Waals surface area contributed by atoms with Crippen LogP contribution in [0.5, 0.6) is 0 Å². The lowest BCUT2D eigenvalue weighted by atomic mass is 10.4. The number of hydrogen-bond acceptors (Lipinski definition) is 5. The van der Waals surface area contributed by atoms with E-state index in [0.29, 0.717) is 13.0 Å². The van der Waals surface area contributed by atoms with Crippen LogP contribution in [0.3, 0.4) is 0 Å². The van der Waals surface area contributed by atoms with Gasteiger partial charge in [0.05, 0.1) is 0 Å². The molecule has 0 saturated heterocycles. The second-order valence-electron chi connectivity index (χ2n) is 3.27. The third kappa shape index (κ3) is 3.77. The monoisotopic (exact) mass is 278 g/mol. The molecule has 0 unspecified atom stereocenters. The summed E-state index contributed by atoms with van der Waals surface area (Å²) in [6.07, 6.45) is 0.641. The maximum atomic E-state index is 11.8. The molecule has 0 saturated carbocycles. The van der Waals surface area contributed by atoms with Crippen LogP contribution in [0.25, 0.3) is 0 Å². The smallest absolute Gasteiger partial charge is 0.347 e. The molecular weight excluding hydrogens is 264 g/mol. The van der Waals surface area contributed by atoms with Gasteiger partial charge in [0.15, 0.2) is 0 Å². The number of carboxylic acid groups (broad SMARTS) is 1.